The van der Waals surface area contributed by atoms with Crippen LogP contribution >= 0.6 is 11.3 Å². The molecule has 1 aromatic carbocycles. The zero-order chi connectivity index (χ0) is 24.2. The van der Waals surface area contributed by atoms with Crippen molar-refractivity contribution in [3.8, 4) is 11.5 Å². The van der Waals surface area contributed by atoms with Crippen LogP contribution in [0.15, 0.2) is 18.2 Å². The minimum Gasteiger partial charge on any atom is -0.454 e. The number of nitrogens with one attached hydrogen (secondary N) is 2. The molecule has 2 aliphatic heterocycles. The number of fused-ring (bicyclic) bond motifs is 1. The summed E-state index contributed by atoms with van der Waals surface area (Å²) < 4.78 is 10.6. The van der Waals surface area contributed by atoms with Gasteiger partial charge in [-0.15, -0.1) is 10.2 Å². The Hall–Kier alpha value is -3.21. The SMILES string of the molecule is O=C(Nc1ccc2c(c1)OCO2)c1nnc(C(=O)N2CCC(C(=O)NC3CCCCCC3)CC2)s1. The van der Waals surface area contributed by atoms with E-state index >= 15 is 0 Å². The minimum atomic E-state index is -0.450. The molecular weight excluding hydrogens is 470 g/mol. The van der Waals surface area contributed by atoms with E-state index in [2.05, 4.69) is 20.8 Å². The number of likely N-dealkylation sites (tertiary alicyclic amines) is 1. The normalized spacial score (nSPS) is 18.7. The molecule has 2 fully saturated rings. The average molecular weight is 500 g/mol. The molecule has 1 aliphatic carbocycles. The number of carbonyl (C=O) groups excluding carboxylic acids is 3. The molecule has 0 unspecified atom stereocenters. The van der Waals surface area contributed by atoms with Crippen molar-refractivity contribution >= 4 is 34.7 Å². The van der Waals surface area contributed by atoms with Crippen LogP contribution in [0.25, 0.3) is 0 Å². The van der Waals surface area contributed by atoms with Crippen molar-refractivity contribution in [3.63, 3.8) is 0 Å². The van der Waals surface area contributed by atoms with E-state index < -0.39 is 5.91 Å². The number of hydrogen-bond acceptors (Lipinski definition) is 8. The maximum atomic E-state index is 12.9. The lowest BCUT2D eigenvalue weighted by Gasteiger charge is -2.31. The smallest absolute Gasteiger partial charge is 0.286 e. The number of benzene rings is 1. The molecule has 3 aliphatic rings. The summed E-state index contributed by atoms with van der Waals surface area (Å²) in [5.74, 6) is 0.517. The highest BCUT2D eigenvalue weighted by Gasteiger charge is 2.31. The van der Waals surface area contributed by atoms with Crippen molar-refractivity contribution in [1.29, 1.82) is 0 Å². The van der Waals surface area contributed by atoms with Gasteiger partial charge in [0, 0.05) is 36.8 Å². The molecule has 11 heteroatoms. The average Bonchev–Trinajstić information content (AvgIpc) is 3.48. The lowest BCUT2D eigenvalue weighted by atomic mass is 9.95. The van der Waals surface area contributed by atoms with E-state index in [1.807, 2.05) is 0 Å². The van der Waals surface area contributed by atoms with Crippen molar-refractivity contribution in [2.45, 2.75) is 57.4 Å². The Morgan fingerprint density at radius 1 is 0.914 bits per heavy atom. The van der Waals surface area contributed by atoms with Gasteiger partial charge in [0.05, 0.1) is 0 Å². The lowest BCUT2D eigenvalue weighted by molar-refractivity contribution is -0.127. The summed E-state index contributed by atoms with van der Waals surface area (Å²) in [6.45, 7) is 1.12. The Kier molecular flexibility index (Phi) is 7.12. The van der Waals surface area contributed by atoms with Gasteiger partial charge in [-0.25, -0.2) is 0 Å². The summed E-state index contributed by atoms with van der Waals surface area (Å²) in [6, 6.07) is 5.37. The van der Waals surface area contributed by atoms with Gasteiger partial charge < -0.3 is 25.0 Å². The molecular formula is C24H29N5O5S. The van der Waals surface area contributed by atoms with Crippen LogP contribution in [0.3, 0.4) is 0 Å². The van der Waals surface area contributed by atoms with Crippen LogP contribution in [0.1, 0.15) is 71.0 Å². The number of ether oxygens (including phenoxy) is 2. The first-order valence-corrected chi connectivity index (χ1v) is 13.0. The Bertz CT molecular complexity index is 1090. The van der Waals surface area contributed by atoms with Crippen LogP contribution in [0, 0.1) is 5.92 Å². The quantitative estimate of drug-likeness (QED) is 0.606. The molecule has 3 heterocycles. The fourth-order valence-electron chi connectivity index (χ4n) is 4.78. The van der Waals surface area contributed by atoms with Crippen molar-refractivity contribution in [1.82, 2.24) is 20.4 Å². The summed E-state index contributed by atoms with van der Waals surface area (Å²) in [4.78, 5) is 39.9. The molecule has 3 amide bonds. The monoisotopic (exact) mass is 499 g/mol. The van der Waals surface area contributed by atoms with E-state index in [4.69, 9.17) is 9.47 Å². The first-order valence-electron chi connectivity index (χ1n) is 12.2. The number of rotatable bonds is 5. The summed E-state index contributed by atoms with van der Waals surface area (Å²) >= 11 is 0.959. The molecule has 10 nitrogen and oxygen atoms in total. The molecule has 35 heavy (non-hydrogen) atoms. The minimum absolute atomic E-state index is 0.0697. The second kappa shape index (κ2) is 10.6. The van der Waals surface area contributed by atoms with Gasteiger partial charge in [-0.3, -0.25) is 14.4 Å². The second-order valence-corrected chi connectivity index (χ2v) is 10.2. The number of nitrogens with zero attached hydrogens (tertiary/aromatic N) is 3. The summed E-state index contributed by atoms with van der Waals surface area (Å²) in [5.41, 5.74) is 0.534. The Morgan fingerprint density at radius 3 is 2.40 bits per heavy atom. The molecule has 186 valence electrons. The summed E-state index contributed by atoms with van der Waals surface area (Å²) in [6.07, 6.45) is 8.23. The molecule has 0 spiro atoms. The third-order valence-corrected chi connectivity index (χ3v) is 7.70. The van der Waals surface area contributed by atoms with E-state index in [1.165, 1.54) is 25.7 Å². The predicted molar refractivity (Wildman–Crippen MR) is 129 cm³/mol. The third kappa shape index (κ3) is 5.55. The van der Waals surface area contributed by atoms with Crippen LogP contribution in [-0.2, 0) is 4.79 Å². The zero-order valence-electron chi connectivity index (χ0n) is 19.5. The maximum absolute atomic E-state index is 12.9. The Labute approximate surface area is 207 Å². The molecule has 2 N–H and O–H groups in total. The maximum Gasteiger partial charge on any atom is 0.286 e. The highest BCUT2D eigenvalue weighted by atomic mass is 32.1. The lowest BCUT2D eigenvalue weighted by Crippen LogP contribution is -2.45. The first-order chi connectivity index (χ1) is 17.1. The van der Waals surface area contributed by atoms with E-state index in [1.54, 1.807) is 23.1 Å². The van der Waals surface area contributed by atoms with Crippen LogP contribution in [-0.4, -0.2) is 58.7 Å². The van der Waals surface area contributed by atoms with Crippen LogP contribution in [0.5, 0.6) is 11.5 Å². The highest BCUT2D eigenvalue weighted by molar-refractivity contribution is 7.15. The standard InChI is InChI=1S/C24H29N5O5S/c30-20(25-16-5-3-1-2-4-6-16)15-9-11-29(12-10-15)24(32)23-28-27-22(35-23)21(31)26-17-7-8-18-19(13-17)34-14-33-18/h7-8,13,15-16H,1-6,9-12,14H2,(H,25,30)(H,26,31). The topological polar surface area (TPSA) is 123 Å². The van der Waals surface area contributed by atoms with E-state index in [-0.39, 0.29) is 40.6 Å². The Balaban J connectivity index is 1.12. The molecule has 0 atom stereocenters. The molecule has 2 aromatic rings. The van der Waals surface area contributed by atoms with Gasteiger partial charge in [0.1, 0.15) is 0 Å². The highest BCUT2D eigenvalue weighted by Crippen LogP contribution is 2.34. The van der Waals surface area contributed by atoms with Crippen molar-refractivity contribution in [2.24, 2.45) is 5.92 Å². The van der Waals surface area contributed by atoms with Crippen molar-refractivity contribution in [3.05, 3.63) is 28.2 Å². The first kappa shape index (κ1) is 23.5. The van der Waals surface area contributed by atoms with Crippen molar-refractivity contribution in [2.75, 3.05) is 25.2 Å². The number of aromatic nitrogens is 2. The summed E-state index contributed by atoms with van der Waals surface area (Å²) in [5, 5.41) is 14.1. The predicted octanol–water partition coefficient (Wildman–Crippen LogP) is 3.21. The zero-order valence-corrected chi connectivity index (χ0v) is 20.3. The Morgan fingerprint density at radius 2 is 1.63 bits per heavy atom. The molecule has 0 radical (unpaired) electrons. The fourth-order valence-corrected chi connectivity index (χ4v) is 5.49. The van der Waals surface area contributed by atoms with Gasteiger partial charge in [-0.1, -0.05) is 37.0 Å². The van der Waals surface area contributed by atoms with Crippen LogP contribution in [0.2, 0.25) is 0 Å². The largest absolute Gasteiger partial charge is 0.454 e. The number of anilines is 1. The van der Waals surface area contributed by atoms with Crippen molar-refractivity contribution < 1.29 is 23.9 Å². The van der Waals surface area contributed by atoms with Gasteiger partial charge in [0.2, 0.25) is 22.7 Å². The van der Waals surface area contributed by atoms with Gasteiger partial charge in [0.15, 0.2) is 11.5 Å². The van der Waals surface area contributed by atoms with E-state index in [0.29, 0.717) is 43.1 Å². The molecule has 1 aromatic heterocycles. The van der Waals surface area contributed by atoms with Gasteiger partial charge in [0.25, 0.3) is 11.8 Å². The van der Waals surface area contributed by atoms with Gasteiger partial charge in [-0.05, 0) is 37.8 Å². The van der Waals surface area contributed by atoms with Gasteiger partial charge in [-0.2, -0.15) is 0 Å². The van der Waals surface area contributed by atoms with E-state index in [0.717, 1.165) is 24.2 Å². The van der Waals surface area contributed by atoms with Gasteiger partial charge >= 0.3 is 0 Å². The summed E-state index contributed by atoms with van der Waals surface area (Å²) in [7, 11) is 0. The molecule has 1 saturated carbocycles. The molecule has 0 bridgehead atoms. The number of piperidine rings is 1. The number of carbonyl (C=O) groups is 3. The molecule has 1 saturated heterocycles. The van der Waals surface area contributed by atoms with Crippen LogP contribution < -0.4 is 20.1 Å². The van der Waals surface area contributed by atoms with Crippen LogP contribution in [0.4, 0.5) is 5.69 Å². The number of amides is 3. The number of hydrogen-bond donors (Lipinski definition) is 2. The fraction of sp³-hybridized carbons (Fsp3) is 0.542. The molecule has 5 rings (SSSR count). The second-order valence-electron chi connectivity index (χ2n) is 9.20. The third-order valence-electron chi connectivity index (χ3n) is 6.79. The van der Waals surface area contributed by atoms with E-state index in [9.17, 15) is 14.4 Å².